The Balaban J connectivity index is 2.02. The van der Waals surface area contributed by atoms with Crippen LogP contribution < -0.4 is 10.1 Å². The van der Waals surface area contributed by atoms with Gasteiger partial charge in [0.25, 0.3) is 0 Å². The van der Waals surface area contributed by atoms with Crippen LogP contribution in [-0.4, -0.2) is 56.9 Å². The summed E-state index contributed by atoms with van der Waals surface area (Å²) in [5, 5.41) is 63.9. The van der Waals surface area contributed by atoms with Crippen molar-refractivity contribution in [1.82, 2.24) is 15.0 Å². The van der Waals surface area contributed by atoms with Crippen molar-refractivity contribution in [3.05, 3.63) is 76.9 Å². The number of nitrogens with zero attached hydrogens (tertiary/aromatic N) is 5. The van der Waals surface area contributed by atoms with Crippen LogP contribution in [0, 0.1) is 0 Å². The summed E-state index contributed by atoms with van der Waals surface area (Å²) in [5.41, 5.74) is 3.27. The van der Waals surface area contributed by atoms with E-state index in [1.54, 1.807) is 54.6 Å². The second-order valence-corrected chi connectivity index (χ2v) is 12.7. The van der Waals surface area contributed by atoms with E-state index in [0.717, 1.165) is 10.1 Å². The largest absolute Gasteiger partial charge is 0.392 e. The summed E-state index contributed by atoms with van der Waals surface area (Å²) < 4.78 is 0. The Morgan fingerprint density at radius 3 is 1.00 bits per heavy atom. The van der Waals surface area contributed by atoms with Crippen LogP contribution in [0.2, 0.25) is 0 Å². The lowest BCUT2D eigenvalue weighted by atomic mass is 10.0. The van der Waals surface area contributed by atoms with E-state index in [0.29, 0.717) is 50.3 Å². The van der Waals surface area contributed by atoms with E-state index in [1.165, 1.54) is 0 Å². The highest BCUT2D eigenvalue weighted by molar-refractivity contribution is 5.72. The average Bonchev–Trinajstić information content (AvgIpc) is 3.01. The van der Waals surface area contributed by atoms with Crippen LogP contribution >= 0.6 is 0 Å². The Hall–Kier alpha value is -3.97. The molecule has 0 radical (unpaired) electrons. The van der Waals surface area contributed by atoms with Crippen molar-refractivity contribution in [3.63, 3.8) is 0 Å². The van der Waals surface area contributed by atoms with Crippen molar-refractivity contribution in [1.29, 1.82) is 0 Å². The normalized spacial score (nSPS) is 12.0. The molecule has 0 fully saturated rings. The van der Waals surface area contributed by atoms with Crippen LogP contribution in [0.15, 0.2) is 54.6 Å². The van der Waals surface area contributed by atoms with Crippen LogP contribution in [-0.2, 0) is 26.4 Å². The molecule has 0 spiro atoms. The third-order valence-electron chi connectivity index (χ3n) is 6.91. The fraction of sp³-hybridized carbons (Fsp3) is 0.364. The topological polar surface area (TPSA) is 167 Å². The Morgan fingerprint density at radius 2 is 0.727 bits per heavy atom. The molecule has 4 aromatic rings. The van der Waals surface area contributed by atoms with E-state index in [1.807, 2.05) is 41.5 Å². The second kappa shape index (κ2) is 12.9. The molecule has 0 atom stereocenters. The van der Waals surface area contributed by atoms with Crippen molar-refractivity contribution in [3.8, 4) is 34.2 Å². The van der Waals surface area contributed by atoms with Crippen molar-refractivity contribution < 1.29 is 30.8 Å². The quantitative estimate of drug-likeness (QED) is 0.145. The number of anilines is 2. The first-order valence-corrected chi connectivity index (χ1v) is 14.3. The van der Waals surface area contributed by atoms with Gasteiger partial charge >= 0.3 is 0 Å². The van der Waals surface area contributed by atoms with Gasteiger partial charge in [0.15, 0.2) is 17.5 Å². The molecule has 0 unspecified atom stereocenters. The van der Waals surface area contributed by atoms with Crippen molar-refractivity contribution in [2.45, 2.75) is 79.0 Å². The molecule has 0 aliphatic carbocycles. The summed E-state index contributed by atoms with van der Waals surface area (Å²) in [7, 11) is 0. The minimum atomic E-state index is -0.642. The first-order chi connectivity index (χ1) is 20.7. The summed E-state index contributed by atoms with van der Waals surface area (Å²) in [6.07, 6.45) is 0. The number of aromatic nitrogens is 3. The van der Waals surface area contributed by atoms with Gasteiger partial charge in [-0.25, -0.2) is 15.0 Å². The van der Waals surface area contributed by atoms with Gasteiger partial charge in [0.2, 0.25) is 0 Å². The van der Waals surface area contributed by atoms with Gasteiger partial charge in [-0.15, -0.1) is 0 Å². The smallest absolute Gasteiger partial charge is 0.164 e. The maximum Gasteiger partial charge on any atom is 0.164 e. The maximum atomic E-state index is 10.9. The fourth-order valence-corrected chi connectivity index (χ4v) is 4.65. The van der Waals surface area contributed by atoms with E-state index in [9.17, 15) is 30.8 Å². The van der Waals surface area contributed by atoms with Crippen LogP contribution in [0.3, 0.4) is 0 Å². The zero-order valence-corrected chi connectivity index (χ0v) is 25.9. The molecule has 11 heteroatoms. The van der Waals surface area contributed by atoms with Crippen molar-refractivity contribution in [2.24, 2.45) is 0 Å². The lowest BCUT2D eigenvalue weighted by Crippen LogP contribution is -2.38. The second-order valence-electron chi connectivity index (χ2n) is 12.7. The number of aliphatic hydroxyl groups is 4. The molecular weight excluding hydrogens is 562 g/mol. The predicted octanol–water partition coefficient (Wildman–Crippen LogP) is 4.83. The molecule has 234 valence electrons. The van der Waals surface area contributed by atoms with E-state index in [-0.39, 0.29) is 43.9 Å². The summed E-state index contributed by atoms with van der Waals surface area (Å²) in [4.78, 5) is 14.3. The molecule has 1 aromatic heterocycles. The monoisotopic (exact) mass is 603 g/mol. The first-order valence-electron chi connectivity index (χ1n) is 14.3. The summed E-state index contributed by atoms with van der Waals surface area (Å²) >= 11 is 0. The molecule has 44 heavy (non-hydrogen) atoms. The number of hydrogen-bond acceptors (Lipinski definition) is 11. The summed E-state index contributed by atoms with van der Waals surface area (Å²) in [6.45, 7) is 9.98. The predicted molar refractivity (Wildman–Crippen MR) is 168 cm³/mol. The van der Waals surface area contributed by atoms with Crippen LogP contribution in [0.5, 0.6) is 0 Å². The van der Waals surface area contributed by atoms with Gasteiger partial charge in [0, 0.05) is 16.7 Å². The highest BCUT2D eigenvalue weighted by atomic mass is 16.5. The number of benzene rings is 3. The summed E-state index contributed by atoms with van der Waals surface area (Å²) in [6, 6.07) is 15.3. The minimum Gasteiger partial charge on any atom is -0.392 e. The molecule has 0 saturated carbocycles. The van der Waals surface area contributed by atoms with Crippen LogP contribution in [0.4, 0.5) is 11.4 Å². The molecule has 1 heterocycles. The number of hydrogen-bond donors (Lipinski definition) is 6. The molecule has 0 amide bonds. The molecule has 0 bridgehead atoms. The fourth-order valence-electron chi connectivity index (χ4n) is 4.65. The number of rotatable bonds is 9. The van der Waals surface area contributed by atoms with Crippen molar-refractivity contribution in [2.75, 3.05) is 10.1 Å². The highest BCUT2D eigenvalue weighted by Crippen LogP contribution is 2.33. The Labute approximate surface area is 257 Å². The minimum absolute atomic E-state index is 0.233. The highest BCUT2D eigenvalue weighted by Gasteiger charge is 2.24. The molecule has 0 aliphatic rings. The SMILES string of the molecule is CC(C)(C)N(O)c1cc(CO)cc(-c2nc(-c3cc(CO)cc(CO)c3)nc(-c3cc(CO)cc(N(O)C(C)(C)C)c3)n2)c1. The lowest BCUT2D eigenvalue weighted by molar-refractivity contribution is 0.180. The number of aliphatic hydroxyl groups excluding tert-OH is 4. The zero-order chi connectivity index (χ0) is 32.4. The van der Waals surface area contributed by atoms with E-state index in [2.05, 4.69) is 0 Å². The molecule has 0 aliphatic heterocycles. The van der Waals surface area contributed by atoms with Gasteiger partial charge < -0.3 is 20.4 Å². The molecule has 6 N–H and O–H groups in total. The van der Waals surface area contributed by atoms with Gasteiger partial charge in [-0.2, -0.15) is 0 Å². The van der Waals surface area contributed by atoms with Crippen LogP contribution in [0.1, 0.15) is 63.8 Å². The molecule has 3 aromatic carbocycles. The Bertz CT molecular complexity index is 1520. The molecule has 4 rings (SSSR count). The maximum absolute atomic E-state index is 10.9. The average molecular weight is 604 g/mol. The molecule has 0 saturated heterocycles. The lowest BCUT2D eigenvalue weighted by Gasteiger charge is -2.32. The Morgan fingerprint density at radius 1 is 0.455 bits per heavy atom. The van der Waals surface area contributed by atoms with Gasteiger partial charge in [-0.05, 0) is 112 Å². The van der Waals surface area contributed by atoms with Crippen molar-refractivity contribution >= 4 is 11.4 Å². The number of hydroxylamine groups is 2. The van der Waals surface area contributed by atoms with Gasteiger partial charge in [-0.1, -0.05) is 6.07 Å². The zero-order valence-electron chi connectivity index (χ0n) is 25.9. The third kappa shape index (κ3) is 7.39. The standard InChI is InChI=1S/C33H41N5O6/c1-32(2,3)37(43)27-12-22(18-41)10-25(14-27)30-34-29(24-8-20(16-39)7-21(9-24)17-40)35-31(36-30)26-11-23(19-42)13-28(15-26)38(44)33(4,5)6/h7-15,39-44H,16-19H2,1-6H3. The molecule has 11 nitrogen and oxygen atoms in total. The van der Waals surface area contributed by atoms with Gasteiger partial charge in [0.1, 0.15) is 0 Å². The third-order valence-corrected chi connectivity index (χ3v) is 6.91. The Kier molecular flexibility index (Phi) is 9.69. The van der Waals surface area contributed by atoms with Gasteiger partial charge in [0.05, 0.1) is 48.9 Å². The van der Waals surface area contributed by atoms with E-state index < -0.39 is 11.1 Å². The van der Waals surface area contributed by atoms with E-state index >= 15 is 0 Å². The summed E-state index contributed by atoms with van der Waals surface area (Å²) in [5.74, 6) is 0.711. The first kappa shape index (κ1) is 32.9. The molecular formula is C33H41N5O6. The van der Waals surface area contributed by atoms with Gasteiger partial charge in [-0.3, -0.25) is 20.5 Å². The van der Waals surface area contributed by atoms with Crippen LogP contribution in [0.25, 0.3) is 34.2 Å². The van der Waals surface area contributed by atoms with E-state index in [4.69, 9.17) is 15.0 Å².